The molecule has 0 aromatic heterocycles. The van der Waals surface area contributed by atoms with E-state index in [9.17, 15) is 8.42 Å². The molecule has 0 aromatic rings. The normalized spacial score (nSPS) is 19.9. The van der Waals surface area contributed by atoms with Gasteiger partial charge >= 0.3 is 0 Å². The third-order valence-corrected chi connectivity index (χ3v) is 4.85. The molecule has 5 heteroatoms. The molecule has 0 radical (unpaired) electrons. The molecule has 0 spiro atoms. The van der Waals surface area contributed by atoms with E-state index in [1.165, 1.54) is 25.5 Å². The van der Waals surface area contributed by atoms with Gasteiger partial charge in [-0.3, -0.25) is 0 Å². The zero-order chi connectivity index (χ0) is 13.5. The predicted octanol–water partition coefficient (Wildman–Crippen LogP) is 1.61. The lowest BCUT2D eigenvalue weighted by Gasteiger charge is -2.37. The van der Waals surface area contributed by atoms with Gasteiger partial charge in [-0.05, 0) is 24.7 Å². The summed E-state index contributed by atoms with van der Waals surface area (Å²) in [5.74, 6) is 0.318. The first-order valence-electron chi connectivity index (χ1n) is 6.85. The third-order valence-electron chi connectivity index (χ3n) is 3.90. The van der Waals surface area contributed by atoms with E-state index in [2.05, 4.69) is 5.32 Å². The van der Waals surface area contributed by atoms with Crippen LogP contribution in [0.3, 0.4) is 0 Å². The van der Waals surface area contributed by atoms with Crippen LogP contribution in [0.4, 0.5) is 0 Å². The summed E-state index contributed by atoms with van der Waals surface area (Å²) in [5, 5.41) is 3.41. The minimum Gasteiger partial charge on any atom is -0.383 e. The van der Waals surface area contributed by atoms with Gasteiger partial charge in [-0.2, -0.15) is 0 Å². The van der Waals surface area contributed by atoms with Gasteiger partial charge < -0.3 is 10.1 Å². The van der Waals surface area contributed by atoms with Crippen LogP contribution in [0.2, 0.25) is 0 Å². The van der Waals surface area contributed by atoms with Crippen LogP contribution in [0.5, 0.6) is 0 Å². The molecule has 1 rings (SSSR count). The van der Waals surface area contributed by atoms with Crippen LogP contribution in [0, 0.1) is 5.41 Å². The fourth-order valence-corrected chi connectivity index (χ4v) is 3.55. The molecular formula is C13H27NO3S. The molecule has 1 aliphatic rings. The van der Waals surface area contributed by atoms with Crippen molar-refractivity contribution in [2.24, 2.45) is 5.41 Å². The Kier molecular flexibility index (Phi) is 6.60. The van der Waals surface area contributed by atoms with Gasteiger partial charge in [0.2, 0.25) is 0 Å². The molecule has 108 valence electrons. The third kappa shape index (κ3) is 6.16. The van der Waals surface area contributed by atoms with Crippen molar-refractivity contribution in [1.82, 2.24) is 5.32 Å². The zero-order valence-electron chi connectivity index (χ0n) is 11.7. The molecular weight excluding hydrogens is 250 g/mol. The Balaban J connectivity index is 2.46. The quantitative estimate of drug-likeness (QED) is 0.685. The molecule has 0 saturated heterocycles. The Morgan fingerprint density at radius 2 is 1.89 bits per heavy atom. The van der Waals surface area contributed by atoms with Crippen molar-refractivity contribution in [3.8, 4) is 0 Å². The maximum atomic E-state index is 11.4. The zero-order valence-corrected chi connectivity index (χ0v) is 12.5. The van der Waals surface area contributed by atoms with Crippen molar-refractivity contribution in [3.63, 3.8) is 0 Å². The molecule has 1 N–H and O–H groups in total. The molecule has 18 heavy (non-hydrogen) atoms. The summed E-state index contributed by atoms with van der Waals surface area (Å²) in [6.07, 6.45) is 8.20. The van der Waals surface area contributed by atoms with Crippen molar-refractivity contribution in [2.45, 2.75) is 38.5 Å². The Morgan fingerprint density at radius 1 is 1.22 bits per heavy atom. The fourth-order valence-electron chi connectivity index (χ4n) is 2.75. The maximum Gasteiger partial charge on any atom is 0.147 e. The van der Waals surface area contributed by atoms with Gasteiger partial charge in [0.05, 0.1) is 12.4 Å². The number of hydrogen-bond donors (Lipinski definition) is 1. The van der Waals surface area contributed by atoms with E-state index >= 15 is 0 Å². The predicted molar refractivity (Wildman–Crippen MR) is 74.6 cm³/mol. The molecule has 0 bridgehead atoms. The van der Waals surface area contributed by atoms with E-state index in [1.807, 2.05) is 0 Å². The summed E-state index contributed by atoms with van der Waals surface area (Å²) in [6.45, 7) is 2.48. The first kappa shape index (κ1) is 15.9. The Labute approximate surface area is 111 Å². The van der Waals surface area contributed by atoms with Crippen LogP contribution < -0.4 is 5.32 Å². The molecule has 1 fully saturated rings. The molecule has 0 unspecified atom stereocenters. The highest BCUT2D eigenvalue weighted by Gasteiger charge is 2.32. The lowest BCUT2D eigenvalue weighted by Crippen LogP contribution is -2.38. The molecule has 4 nitrogen and oxygen atoms in total. The minimum absolute atomic E-state index is 0.190. The van der Waals surface area contributed by atoms with Crippen molar-refractivity contribution >= 4 is 9.84 Å². The van der Waals surface area contributed by atoms with Gasteiger partial charge in [-0.15, -0.1) is 0 Å². The maximum absolute atomic E-state index is 11.4. The van der Waals surface area contributed by atoms with Gasteiger partial charge in [-0.1, -0.05) is 19.3 Å². The first-order chi connectivity index (χ1) is 8.47. The number of rotatable bonds is 8. The van der Waals surface area contributed by atoms with Crippen LogP contribution in [-0.2, 0) is 14.6 Å². The summed E-state index contributed by atoms with van der Waals surface area (Å²) in [5.41, 5.74) is 0.190. The number of sulfone groups is 1. The molecule has 0 heterocycles. The number of ether oxygens (including phenoxy) is 1. The highest BCUT2D eigenvalue weighted by molar-refractivity contribution is 7.90. The van der Waals surface area contributed by atoms with Crippen molar-refractivity contribution in [3.05, 3.63) is 0 Å². The van der Waals surface area contributed by atoms with Crippen molar-refractivity contribution in [2.75, 3.05) is 38.8 Å². The van der Waals surface area contributed by atoms with Crippen molar-refractivity contribution in [1.29, 1.82) is 0 Å². The lowest BCUT2D eigenvalue weighted by atomic mass is 9.72. The fraction of sp³-hybridized carbons (Fsp3) is 1.00. The van der Waals surface area contributed by atoms with Gasteiger partial charge in [0.15, 0.2) is 0 Å². The summed E-state index contributed by atoms with van der Waals surface area (Å²) in [6, 6.07) is 0. The topological polar surface area (TPSA) is 55.4 Å². The lowest BCUT2D eigenvalue weighted by molar-refractivity contribution is 0.159. The molecule has 1 saturated carbocycles. The highest BCUT2D eigenvalue weighted by Crippen LogP contribution is 2.39. The first-order valence-corrected chi connectivity index (χ1v) is 8.91. The summed E-state index contributed by atoms with van der Waals surface area (Å²) in [4.78, 5) is 0. The molecule has 0 aliphatic heterocycles. The van der Waals surface area contributed by atoms with Gasteiger partial charge in [-0.25, -0.2) is 8.42 Å². The van der Waals surface area contributed by atoms with Crippen molar-refractivity contribution < 1.29 is 13.2 Å². The largest absolute Gasteiger partial charge is 0.383 e. The number of methoxy groups -OCH3 is 1. The van der Waals surface area contributed by atoms with E-state index in [0.717, 1.165) is 32.4 Å². The summed E-state index contributed by atoms with van der Waals surface area (Å²) >= 11 is 0. The Bertz CT molecular complexity index is 321. The summed E-state index contributed by atoms with van der Waals surface area (Å²) in [7, 11) is -1.15. The van der Waals surface area contributed by atoms with E-state index in [0.29, 0.717) is 12.4 Å². The number of nitrogens with one attached hydrogen (secondary N) is 1. The SMILES string of the molecule is COCCNCC1(CCS(C)(=O)=O)CCCCC1. The van der Waals surface area contributed by atoms with Gasteiger partial charge in [0.1, 0.15) is 9.84 Å². The Morgan fingerprint density at radius 3 is 2.44 bits per heavy atom. The van der Waals surface area contributed by atoms with E-state index in [4.69, 9.17) is 4.74 Å². The number of hydrogen-bond acceptors (Lipinski definition) is 4. The van der Waals surface area contributed by atoms with E-state index in [1.54, 1.807) is 7.11 Å². The second kappa shape index (κ2) is 7.46. The highest BCUT2D eigenvalue weighted by atomic mass is 32.2. The second-order valence-corrected chi connectivity index (χ2v) is 7.87. The van der Waals surface area contributed by atoms with Gasteiger partial charge in [0, 0.05) is 26.5 Å². The molecule has 1 aliphatic carbocycles. The average molecular weight is 277 g/mol. The molecule has 0 atom stereocenters. The van der Waals surface area contributed by atoms with Crippen LogP contribution in [-0.4, -0.2) is 47.2 Å². The standard InChI is InChI=1S/C13H27NO3S/c1-17-10-9-14-12-13(6-4-3-5-7-13)8-11-18(2,15)16/h14H,3-12H2,1-2H3. The van der Waals surface area contributed by atoms with Crippen LogP contribution >= 0.6 is 0 Å². The van der Waals surface area contributed by atoms with E-state index in [-0.39, 0.29) is 5.41 Å². The van der Waals surface area contributed by atoms with Gasteiger partial charge in [0.25, 0.3) is 0 Å². The smallest absolute Gasteiger partial charge is 0.147 e. The van der Waals surface area contributed by atoms with Crippen LogP contribution in [0.25, 0.3) is 0 Å². The summed E-state index contributed by atoms with van der Waals surface area (Å²) < 4.78 is 27.7. The molecule has 0 amide bonds. The van der Waals surface area contributed by atoms with E-state index < -0.39 is 9.84 Å². The Hall–Kier alpha value is -0.130. The average Bonchev–Trinajstić information content (AvgIpc) is 2.33. The molecule has 0 aromatic carbocycles. The van der Waals surface area contributed by atoms with Crippen LogP contribution in [0.1, 0.15) is 38.5 Å². The monoisotopic (exact) mass is 277 g/mol. The minimum atomic E-state index is -2.85. The van der Waals surface area contributed by atoms with Crippen LogP contribution in [0.15, 0.2) is 0 Å². The second-order valence-electron chi connectivity index (χ2n) is 5.61.